The number of nitriles is 1. The summed E-state index contributed by atoms with van der Waals surface area (Å²) >= 11 is 0. The van der Waals surface area contributed by atoms with Gasteiger partial charge >= 0.3 is 0 Å². The summed E-state index contributed by atoms with van der Waals surface area (Å²) in [5.74, 6) is 0. The predicted molar refractivity (Wildman–Crippen MR) is 53.4 cm³/mol. The fraction of sp³-hybridized carbons (Fsp3) is 0.889. The van der Waals surface area contributed by atoms with Gasteiger partial charge in [0.15, 0.2) is 8.32 Å². The molecule has 0 spiro atoms. The maximum Gasteiger partial charge on any atom is 0.191 e. The van der Waals surface area contributed by atoms with E-state index in [0.717, 1.165) is 12.5 Å². The van der Waals surface area contributed by atoms with Crippen molar-refractivity contribution in [2.24, 2.45) is 0 Å². The molecule has 0 aromatic rings. The lowest BCUT2D eigenvalue weighted by atomic mass is 10.4. The van der Waals surface area contributed by atoms with Crippen molar-refractivity contribution in [1.82, 2.24) is 0 Å². The molecule has 0 bridgehead atoms. The summed E-state index contributed by atoms with van der Waals surface area (Å²) in [5.41, 5.74) is 0. The highest BCUT2D eigenvalue weighted by Gasteiger charge is 2.28. The zero-order valence-corrected chi connectivity index (χ0v) is 9.39. The van der Waals surface area contributed by atoms with Crippen molar-refractivity contribution in [3.63, 3.8) is 0 Å². The second-order valence-corrected chi connectivity index (χ2v) is 7.79. The Labute approximate surface area is 76.7 Å². The van der Waals surface area contributed by atoms with Gasteiger partial charge in [0.05, 0.1) is 6.07 Å². The van der Waals surface area contributed by atoms with Crippen LogP contribution in [-0.2, 0) is 4.43 Å². The number of unbranched alkanes of at least 4 members (excludes halogenated alkanes) is 1. The van der Waals surface area contributed by atoms with Gasteiger partial charge in [-0.25, -0.2) is 0 Å². The second kappa shape index (κ2) is 6.21. The van der Waals surface area contributed by atoms with Crippen LogP contribution in [0, 0.1) is 11.3 Å². The Morgan fingerprint density at radius 2 is 1.92 bits per heavy atom. The molecule has 0 aliphatic rings. The number of hydrogen-bond acceptors (Lipinski definition) is 2. The van der Waals surface area contributed by atoms with Gasteiger partial charge in [0.25, 0.3) is 0 Å². The molecule has 0 saturated carbocycles. The molecule has 0 amide bonds. The molecule has 0 atom stereocenters. The van der Waals surface area contributed by atoms with Gasteiger partial charge in [-0.05, 0) is 24.6 Å². The highest BCUT2D eigenvalue weighted by atomic mass is 28.4. The predicted octanol–water partition coefficient (Wildman–Crippen LogP) is 2.92. The minimum Gasteiger partial charge on any atom is -0.420 e. The molecular formula is C9H19NOSi. The molecule has 0 aromatic carbocycles. The highest BCUT2D eigenvalue weighted by molar-refractivity contribution is 6.73. The van der Waals surface area contributed by atoms with Crippen molar-refractivity contribution in [3.05, 3.63) is 0 Å². The molecule has 0 aromatic heterocycles. The van der Waals surface area contributed by atoms with E-state index in [9.17, 15) is 0 Å². The molecule has 70 valence electrons. The van der Waals surface area contributed by atoms with Gasteiger partial charge < -0.3 is 4.43 Å². The summed E-state index contributed by atoms with van der Waals surface area (Å²) in [6.45, 7) is 4.40. The Bertz CT molecular complexity index is 141. The summed E-state index contributed by atoms with van der Waals surface area (Å²) < 4.78 is 5.61. The summed E-state index contributed by atoms with van der Waals surface area (Å²) in [7, 11) is 0.419. The normalized spacial score (nSPS) is 11.2. The van der Waals surface area contributed by atoms with Crippen molar-refractivity contribution in [2.45, 2.75) is 44.8 Å². The first-order valence-corrected chi connectivity index (χ1v) is 7.19. The molecule has 0 fully saturated rings. The Kier molecular flexibility index (Phi) is 6.04. The van der Waals surface area contributed by atoms with Crippen LogP contribution in [0.4, 0.5) is 0 Å². The van der Waals surface area contributed by atoms with E-state index in [2.05, 4.69) is 19.9 Å². The Hall–Kier alpha value is -0.333. The molecular weight excluding hydrogens is 166 g/mol. The lowest BCUT2D eigenvalue weighted by Gasteiger charge is -2.26. The average molecular weight is 185 g/mol. The SMILES string of the molecule is CC[Si](CC)(CCCC#N)OC. The Morgan fingerprint density at radius 3 is 2.25 bits per heavy atom. The molecule has 0 unspecified atom stereocenters. The first-order valence-electron chi connectivity index (χ1n) is 4.66. The molecule has 0 aliphatic carbocycles. The molecule has 3 heteroatoms. The third-order valence-corrected chi connectivity index (χ3v) is 7.35. The summed E-state index contributed by atoms with van der Waals surface area (Å²) in [4.78, 5) is 0. The fourth-order valence-electron chi connectivity index (χ4n) is 1.48. The highest BCUT2D eigenvalue weighted by Crippen LogP contribution is 2.23. The topological polar surface area (TPSA) is 33.0 Å². The van der Waals surface area contributed by atoms with E-state index in [1.165, 1.54) is 12.1 Å². The fourth-order valence-corrected chi connectivity index (χ4v) is 4.29. The van der Waals surface area contributed by atoms with E-state index in [4.69, 9.17) is 9.69 Å². The van der Waals surface area contributed by atoms with E-state index in [1.54, 1.807) is 0 Å². The van der Waals surface area contributed by atoms with Crippen LogP contribution in [0.5, 0.6) is 0 Å². The Balaban J connectivity index is 3.86. The van der Waals surface area contributed by atoms with Crippen LogP contribution < -0.4 is 0 Å². The molecule has 12 heavy (non-hydrogen) atoms. The lowest BCUT2D eigenvalue weighted by Crippen LogP contribution is -2.34. The first-order chi connectivity index (χ1) is 5.74. The van der Waals surface area contributed by atoms with Crippen LogP contribution >= 0.6 is 0 Å². The first kappa shape index (κ1) is 11.7. The van der Waals surface area contributed by atoms with Crippen molar-refractivity contribution in [1.29, 1.82) is 5.26 Å². The molecule has 0 rings (SSSR count). The average Bonchev–Trinajstić information content (AvgIpc) is 2.14. The lowest BCUT2D eigenvalue weighted by molar-refractivity contribution is 0.390. The molecule has 0 heterocycles. The van der Waals surface area contributed by atoms with Gasteiger partial charge in [-0.2, -0.15) is 5.26 Å². The van der Waals surface area contributed by atoms with Gasteiger partial charge in [-0.3, -0.25) is 0 Å². The number of rotatable bonds is 6. The van der Waals surface area contributed by atoms with E-state index in [1.807, 2.05) is 7.11 Å². The van der Waals surface area contributed by atoms with Crippen LogP contribution in [0.15, 0.2) is 0 Å². The minimum atomic E-state index is -1.41. The van der Waals surface area contributed by atoms with Crippen molar-refractivity contribution in [2.75, 3.05) is 7.11 Å². The van der Waals surface area contributed by atoms with Gasteiger partial charge in [-0.1, -0.05) is 13.8 Å². The van der Waals surface area contributed by atoms with Gasteiger partial charge in [0.1, 0.15) is 0 Å². The van der Waals surface area contributed by atoms with Crippen molar-refractivity contribution < 1.29 is 4.43 Å². The van der Waals surface area contributed by atoms with E-state index >= 15 is 0 Å². The van der Waals surface area contributed by atoms with Crippen LogP contribution in [0.25, 0.3) is 0 Å². The maximum atomic E-state index is 8.41. The van der Waals surface area contributed by atoms with E-state index in [-0.39, 0.29) is 0 Å². The Morgan fingerprint density at radius 1 is 1.33 bits per heavy atom. The maximum absolute atomic E-state index is 8.41. The second-order valence-electron chi connectivity index (χ2n) is 3.11. The smallest absolute Gasteiger partial charge is 0.191 e. The number of hydrogen-bond donors (Lipinski definition) is 0. The minimum absolute atomic E-state index is 0.679. The van der Waals surface area contributed by atoms with Crippen LogP contribution in [0.2, 0.25) is 18.1 Å². The van der Waals surface area contributed by atoms with Gasteiger partial charge in [-0.15, -0.1) is 0 Å². The van der Waals surface area contributed by atoms with E-state index in [0.29, 0.717) is 6.42 Å². The summed E-state index contributed by atoms with van der Waals surface area (Å²) in [6, 6.07) is 5.67. The zero-order chi connectivity index (χ0) is 9.45. The standard InChI is InChI=1S/C9H19NOSi/c1-4-12(5-2,11-3)9-7-6-8-10/h4-7,9H2,1-3H3. The van der Waals surface area contributed by atoms with Crippen LogP contribution in [0.3, 0.4) is 0 Å². The van der Waals surface area contributed by atoms with Crippen LogP contribution in [0.1, 0.15) is 26.7 Å². The van der Waals surface area contributed by atoms with Gasteiger partial charge in [0, 0.05) is 13.5 Å². The summed E-state index contributed by atoms with van der Waals surface area (Å²) in [6.07, 6.45) is 1.69. The van der Waals surface area contributed by atoms with Gasteiger partial charge in [0.2, 0.25) is 0 Å². The molecule has 0 N–H and O–H groups in total. The third-order valence-electron chi connectivity index (χ3n) is 2.64. The monoisotopic (exact) mass is 185 g/mol. The van der Waals surface area contributed by atoms with Crippen LogP contribution in [-0.4, -0.2) is 15.4 Å². The molecule has 0 aliphatic heterocycles. The molecule has 2 nitrogen and oxygen atoms in total. The molecule has 0 radical (unpaired) electrons. The van der Waals surface area contributed by atoms with E-state index < -0.39 is 8.32 Å². The molecule has 0 saturated heterocycles. The number of nitrogens with zero attached hydrogens (tertiary/aromatic N) is 1. The van der Waals surface area contributed by atoms with Crippen molar-refractivity contribution >= 4 is 8.32 Å². The third kappa shape index (κ3) is 3.38. The quantitative estimate of drug-likeness (QED) is 0.471. The summed E-state index contributed by atoms with van der Waals surface area (Å²) in [5, 5.41) is 8.41. The largest absolute Gasteiger partial charge is 0.420 e. The van der Waals surface area contributed by atoms with Crippen molar-refractivity contribution in [3.8, 4) is 6.07 Å². The zero-order valence-electron chi connectivity index (χ0n) is 8.39.